The molecule has 9 heteroatoms. The van der Waals surface area contributed by atoms with Crippen LogP contribution in [0.1, 0.15) is 42.2 Å². The molecule has 2 aromatic carbocycles. The van der Waals surface area contributed by atoms with Crippen LogP contribution in [0.5, 0.6) is 0 Å². The van der Waals surface area contributed by atoms with E-state index in [-0.39, 0.29) is 11.5 Å². The summed E-state index contributed by atoms with van der Waals surface area (Å²) in [6, 6.07) is 11.2. The molecule has 0 saturated carbocycles. The van der Waals surface area contributed by atoms with Crippen molar-refractivity contribution in [1.82, 2.24) is 0 Å². The number of benzene rings is 2. The van der Waals surface area contributed by atoms with Crippen LogP contribution in [-0.4, -0.2) is 25.2 Å². The van der Waals surface area contributed by atoms with E-state index < -0.39 is 23.8 Å². The Labute approximate surface area is 165 Å². The summed E-state index contributed by atoms with van der Waals surface area (Å²) in [6.07, 6.45) is -4.18. The third kappa shape index (κ3) is 5.81. The summed E-state index contributed by atoms with van der Waals surface area (Å²) in [6.45, 7) is 2.79. The highest BCUT2D eigenvalue weighted by molar-refractivity contribution is 6.01. The molecule has 0 radical (unpaired) electrons. The highest BCUT2D eigenvalue weighted by atomic mass is 19.4. The van der Waals surface area contributed by atoms with Gasteiger partial charge in [0.2, 0.25) is 0 Å². The number of esters is 1. The Balaban J connectivity index is 2.63. The second kappa shape index (κ2) is 9.72. The van der Waals surface area contributed by atoms with Gasteiger partial charge in [0, 0.05) is 29.8 Å². The van der Waals surface area contributed by atoms with E-state index in [1.807, 2.05) is 0 Å². The monoisotopic (exact) mass is 408 g/mol. The maximum Gasteiger partial charge on any atom is 0.416 e. The minimum absolute atomic E-state index is 0.156. The van der Waals surface area contributed by atoms with Gasteiger partial charge < -0.3 is 14.4 Å². The molecule has 154 valence electrons. The number of ether oxygens (including phenoxy) is 1. The van der Waals surface area contributed by atoms with E-state index in [2.05, 4.69) is 10.3 Å². The number of hydrogen-bond donors (Lipinski definition) is 0. The van der Waals surface area contributed by atoms with Crippen molar-refractivity contribution >= 4 is 18.1 Å². The number of halogens is 3. The van der Waals surface area contributed by atoms with Crippen molar-refractivity contribution in [2.75, 3.05) is 7.11 Å². The van der Waals surface area contributed by atoms with Gasteiger partial charge in [0.05, 0.1) is 5.56 Å². The predicted octanol–water partition coefficient (Wildman–Crippen LogP) is 4.69. The number of alkyl halides is 3. The molecule has 0 amide bonds. The standard InChI is InChI=1S/C20H19F3N2O4/c1-4-24-29-18(14-8-7-9-15(12-14)20(21,22)23)16-10-5-6-11-17(16)19(25-27-3)28-13(2)26/h4-12,18H,1-3H3/b24-4+,25-19?. The summed E-state index contributed by atoms with van der Waals surface area (Å²) in [7, 11) is 1.27. The first-order chi connectivity index (χ1) is 13.8. The van der Waals surface area contributed by atoms with Gasteiger partial charge in [-0.25, -0.2) is 0 Å². The third-order valence-electron chi connectivity index (χ3n) is 3.68. The van der Waals surface area contributed by atoms with Gasteiger partial charge in [0.25, 0.3) is 5.90 Å². The first kappa shape index (κ1) is 21.9. The maximum atomic E-state index is 13.2. The van der Waals surface area contributed by atoms with Gasteiger partial charge in [-0.3, -0.25) is 4.79 Å². The van der Waals surface area contributed by atoms with Gasteiger partial charge in [-0.15, -0.1) is 0 Å². The molecule has 0 fully saturated rings. The molecule has 0 saturated heterocycles. The molecule has 0 aliphatic rings. The fourth-order valence-corrected chi connectivity index (χ4v) is 2.56. The largest absolute Gasteiger partial charge is 0.416 e. The fourth-order valence-electron chi connectivity index (χ4n) is 2.56. The summed E-state index contributed by atoms with van der Waals surface area (Å²) < 4.78 is 44.6. The van der Waals surface area contributed by atoms with Crippen LogP contribution >= 0.6 is 0 Å². The third-order valence-corrected chi connectivity index (χ3v) is 3.68. The van der Waals surface area contributed by atoms with E-state index in [1.165, 1.54) is 32.4 Å². The fraction of sp³-hybridized carbons (Fsp3) is 0.250. The second-order valence-electron chi connectivity index (χ2n) is 5.73. The predicted molar refractivity (Wildman–Crippen MR) is 100 cm³/mol. The summed E-state index contributed by atoms with van der Waals surface area (Å²) in [5, 5.41) is 7.45. The average molecular weight is 408 g/mol. The molecule has 0 N–H and O–H groups in total. The van der Waals surface area contributed by atoms with Gasteiger partial charge in [0.15, 0.2) is 6.10 Å². The van der Waals surface area contributed by atoms with Crippen LogP contribution in [0.4, 0.5) is 13.2 Å². The Hall–Kier alpha value is -3.36. The lowest BCUT2D eigenvalue weighted by Gasteiger charge is -2.20. The summed E-state index contributed by atoms with van der Waals surface area (Å²) in [5.41, 5.74) is 0.0672. The normalized spacial score (nSPS) is 13.2. The molecular weight excluding hydrogens is 389 g/mol. The number of rotatable bonds is 6. The highest BCUT2D eigenvalue weighted by Gasteiger charge is 2.32. The maximum absolute atomic E-state index is 13.2. The van der Waals surface area contributed by atoms with Crippen LogP contribution in [0.25, 0.3) is 0 Å². The van der Waals surface area contributed by atoms with E-state index >= 15 is 0 Å². The topological polar surface area (TPSA) is 69.5 Å². The molecule has 29 heavy (non-hydrogen) atoms. The van der Waals surface area contributed by atoms with Crippen molar-refractivity contribution in [3.63, 3.8) is 0 Å². The zero-order chi connectivity index (χ0) is 21.4. The van der Waals surface area contributed by atoms with Gasteiger partial charge in [0.1, 0.15) is 7.11 Å². The highest BCUT2D eigenvalue weighted by Crippen LogP contribution is 2.34. The molecule has 1 unspecified atom stereocenters. The molecule has 0 spiro atoms. The molecule has 0 bridgehead atoms. The molecular formula is C20H19F3N2O4. The molecule has 2 rings (SSSR count). The van der Waals surface area contributed by atoms with E-state index in [4.69, 9.17) is 14.4 Å². The van der Waals surface area contributed by atoms with Gasteiger partial charge in [-0.1, -0.05) is 35.5 Å². The van der Waals surface area contributed by atoms with E-state index in [0.717, 1.165) is 12.1 Å². The van der Waals surface area contributed by atoms with Gasteiger partial charge >= 0.3 is 12.1 Å². The van der Waals surface area contributed by atoms with Crippen molar-refractivity contribution in [3.05, 3.63) is 70.8 Å². The van der Waals surface area contributed by atoms with E-state index in [0.29, 0.717) is 11.1 Å². The van der Waals surface area contributed by atoms with E-state index in [1.54, 1.807) is 31.2 Å². The molecule has 0 aliphatic carbocycles. The van der Waals surface area contributed by atoms with Crippen LogP contribution in [0.3, 0.4) is 0 Å². The zero-order valence-electron chi connectivity index (χ0n) is 15.9. The number of carbonyl (C=O) groups is 1. The minimum Gasteiger partial charge on any atom is -0.404 e. The summed E-state index contributed by atoms with van der Waals surface area (Å²) >= 11 is 0. The van der Waals surface area contributed by atoms with Crippen LogP contribution in [0.2, 0.25) is 0 Å². The Kier molecular flexibility index (Phi) is 7.35. The molecule has 0 aliphatic heterocycles. The van der Waals surface area contributed by atoms with Crippen LogP contribution in [0.15, 0.2) is 58.8 Å². The Bertz CT molecular complexity index is 911. The lowest BCUT2D eigenvalue weighted by Crippen LogP contribution is -2.16. The Morgan fingerprint density at radius 3 is 2.48 bits per heavy atom. The van der Waals surface area contributed by atoms with Crippen LogP contribution < -0.4 is 0 Å². The molecule has 1 atom stereocenters. The smallest absolute Gasteiger partial charge is 0.404 e. The van der Waals surface area contributed by atoms with Crippen LogP contribution in [-0.2, 0) is 25.4 Å². The zero-order valence-corrected chi connectivity index (χ0v) is 15.9. The first-order valence-corrected chi connectivity index (χ1v) is 8.47. The molecule has 6 nitrogen and oxygen atoms in total. The quantitative estimate of drug-likeness (QED) is 0.301. The van der Waals surface area contributed by atoms with Crippen molar-refractivity contribution in [3.8, 4) is 0 Å². The van der Waals surface area contributed by atoms with Crippen molar-refractivity contribution < 1.29 is 32.4 Å². The lowest BCUT2D eigenvalue weighted by atomic mass is 9.95. The van der Waals surface area contributed by atoms with Crippen molar-refractivity contribution in [2.45, 2.75) is 26.1 Å². The van der Waals surface area contributed by atoms with Crippen molar-refractivity contribution in [1.29, 1.82) is 0 Å². The molecule has 2 aromatic rings. The Morgan fingerprint density at radius 2 is 1.86 bits per heavy atom. The average Bonchev–Trinajstić information content (AvgIpc) is 2.67. The number of carbonyl (C=O) groups excluding carboxylic acids is 1. The minimum atomic E-state index is -4.52. The number of nitrogens with zero attached hydrogens (tertiary/aromatic N) is 2. The summed E-state index contributed by atoms with van der Waals surface area (Å²) in [5.74, 6) is -0.796. The van der Waals surface area contributed by atoms with Gasteiger partial charge in [-0.2, -0.15) is 13.2 Å². The van der Waals surface area contributed by atoms with Crippen molar-refractivity contribution in [2.24, 2.45) is 10.3 Å². The van der Waals surface area contributed by atoms with E-state index in [9.17, 15) is 18.0 Å². The number of hydrogen-bond acceptors (Lipinski definition) is 6. The second-order valence-corrected chi connectivity index (χ2v) is 5.73. The number of oxime groups is 2. The van der Waals surface area contributed by atoms with Crippen LogP contribution in [0, 0.1) is 0 Å². The summed E-state index contributed by atoms with van der Waals surface area (Å²) in [4.78, 5) is 21.6. The molecule has 0 aromatic heterocycles. The SMILES string of the molecule is C/C=N/OC(c1cccc(C(F)(F)F)c1)c1ccccc1C(=NOC)OC(C)=O. The first-order valence-electron chi connectivity index (χ1n) is 8.47. The van der Waals surface area contributed by atoms with Gasteiger partial charge in [-0.05, 0) is 30.3 Å². The lowest BCUT2D eigenvalue weighted by molar-refractivity contribution is -0.137. The Morgan fingerprint density at radius 1 is 1.14 bits per heavy atom. The molecule has 0 heterocycles.